The van der Waals surface area contributed by atoms with E-state index in [-0.39, 0.29) is 0 Å². The normalized spacial score (nSPS) is 10.2. The van der Waals surface area contributed by atoms with Gasteiger partial charge in [0.25, 0.3) is 0 Å². The fourth-order valence-electron chi connectivity index (χ4n) is 1.01. The van der Waals surface area contributed by atoms with Crippen LogP contribution in [0.2, 0.25) is 0 Å². The third kappa shape index (κ3) is 2.88. The summed E-state index contributed by atoms with van der Waals surface area (Å²) in [6.07, 6.45) is 2.04. The number of rotatable bonds is 4. The zero-order valence-corrected chi connectivity index (χ0v) is 8.36. The van der Waals surface area contributed by atoms with Crippen LogP contribution in [0.4, 0.5) is 0 Å². The standard InChI is InChI=1S/C10H14OS/c1-9-5-3-4-6-10(9)7-11-8-12-2/h3-6H,7-8H2,1-2H3. The molecule has 0 atom stereocenters. The number of thioether (sulfide) groups is 1. The van der Waals surface area contributed by atoms with Crippen molar-refractivity contribution in [3.8, 4) is 0 Å². The van der Waals surface area contributed by atoms with Crippen LogP contribution in [-0.2, 0) is 11.3 Å². The van der Waals surface area contributed by atoms with Gasteiger partial charge >= 0.3 is 0 Å². The molecule has 0 bridgehead atoms. The van der Waals surface area contributed by atoms with Crippen molar-refractivity contribution in [1.82, 2.24) is 0 Å². The maximum atomic E-state index is 5.41. The summed E-state index contributed by atoms with van der Waals surface area (Å²) in [5.74, 6) is 0.772. The van der Waals surface area contributed by atoms with Gasteiger partial charge in [-0.15, -0.1) is 11.8 Å². The number of hydrogen-bond donors (Lipinski definition) is 0. The second-order valence-electron chi connectivity index (χ2n) is 2.68. The van der Waals surface area contributed by atoms with E-state index >= 15 is 0 Å². The number of ether oxygens (including phenoxy) is 1. The van der Waals surface area contributed by atoms with Crippen LogP contribution in [0.25, 0.3) is 0 Å². The Bertz CT molecular complexity index is 235. The molecule has 0 spiro atoms. The lowest BCUT2D eigenvalue weighted by molar-refractivity contribution is 0.169. The highest BCUT2D eigenvalue weighted by molar-refractivity contribution is 7.98. The summed E-state index contributed by atoms with van der Waals surface area (Å²) in [4.78, 5) is 0. The van der Waals surface area contributed by atoms with Crippen LogP contribution < -0.4 is 0 Å². The maximum Gasteiger partial charge on any atom is 0.0922 e. The van der Waals surface area contributed by atoms with Crippen molar-refractivity contribution < 1.29 is 4.74 Å². The van der Waals surface area contributed by atoms with E-state index in [9.17, 15) is 0 Å². The molecule has 0 fully saturated rings. The molecular weight excluding hydrogens is 168 g/mol. The molecule has 1 nitrogen and oxygen atoms in total. The molecule has 0 heterocycles. The molecular formula is C10H14OS. The second-order valence-corrected chi connectivity index (χ2v) is 3.49. The van der Waals surface area contributed by atoms with Gasteiger partial charge in [0, 0.05) is 0 Å². The lowest BCUT2D eigenvalue weighted by atomic mass is 10.1. The van der Waals surface area contributed by atoms with Crippen LogP contribution in [0.1, 0.15) is 11.1 Å². The van der Waals surface area contributed by atoms with Gasteiger partial charge in [0.1, 0.15) is 0 Å². The van der Waals surface area contributed by atoms with Crippen LogP contribution in [0.5, 0.6) is 0 Å². The van der Waals surface area contributed by atoms with Crippen molar-refractivity contribution >= 4 is 11.8 Å². The van der Waals surface area contributed by atoms with Gasteiger partial charge in [0.2, 0.25) is 0 Å². The molecule has 0 saturated heterocycles. The highest BCUT2D eigenvalue weighted by atomic mass is 32.2. The average Bonchev–Trinajstić information content (AvgIpc) is 2.09. The predicted molar refractivity (Wildman–Crippen MR) is 54.4 cm³/mol. The lowest BCUT2D eigenvalue weighted by Gasteiger charge is -2.04. The third-order valence-corrected chi connectivity index (χ3v) is 2.12. The summed E-state index contributed by atoms with van der Waals surface area (Å²) < 4.78 is 5.41. The molecule has 0 radical (unpaired) electrons. The Morgan fingerprint density at radius 1 is 1.33 bits per heavy atom. The van der Waals surface area contributed by atoms with Crippen molar-refractivity contribution in [3.63, 3.8) is 0 Å². The summed E-state index contributed by atoms with van der Waals surface area (Å²) in [6, 6.07) is 8.31. The molecule has 0 aliphatic carbocycles. The Morgan fingerprint density at radius 2 is 2.08 bits per heavy atom. The molecule has 1 rings (SSSR count). The van der Waals surface area contributed by atoms with Crippen molar-refractivity contribution in [2.24, 2.45) is 0 Å². The Labute approximate surface area is 78.1 Å². The third-order valence-electron chi connectivity index (χ3n) is 1.72. The summed E-state index contributed by atoms with van der Waals surface area (Å²) in [5.41, 5.74) is 2.59. The van der Waals surface area contributed by atoms with Crippen molar-refractivity contribution in [2.45, 2.75) is 13.5 Å². The van der Waals surface area contributed by atoms with E-state index in [1.54, 1.807) is 11.8 Å². The van der Waals surface area contributed by atoms with Crippen LogP contribution in [0.3, 0.4) is 0 Å². The van der Waals surface area contributed by atoms with E-state index in [0.717, 1.165) is 12.5 Å². The van der Waals surface area contributed by atoms with Gasteiger partial charge in [-0.25, -0.2) is 0 Å². The molecule has 1 aromatic rings. The van der Waals surface area contributed by atoms with Crippen molar-refractivity contribution in [2.75, 3.05) is 12.2 Å². The second kappa shape index (κ2) is 5.22. The summed E-state index contributed by atoms with van der Waals surface area (Å²) >= 11 is 1.70. The molecule has 0 saturated carbocycles. The van der Waals surface area contributed by atoms with Crippen LogP contribution in [-0.4, -0.2) is 12.2 Å². The molecule has 0 unspecified atom stereocenters. The minimum absolute atomic E-state index is 0.730. The Morgan fingerprint density at radius 3 is 2.75 bits per heavy atom. The van der Waals surface area contributed by atoms with E-state index in [2.05, 4.69) is 19.1 Å². The van der Waals surface area contributed by atoms with Crippen LogP contribution in [0, 0.1) is 6.92 Å². The van der Waals surface area contributed by atoms with E-state index in [0.29, 0.717) is 0 Å². The van der Waals surface area contributed by atoms with E-state index in [1.165, 1.54) is 11.1 Å². The highest BCUT2D eigenvalue weighted by Gasteiger charge is 1.95. The fourth-order valence-corrected chi connectivity index (χ4v) is 1.26. The van der Waals surface area contributed by atoms with Crippen LogP contribution >= 0.6 is 11.8 Å². The smallest absolute Gasteiger partial charge is 0.0922 e. The van der Waals surface area contributed by atoms with Gasteiger partial charge in [0.05, 0.1) is 12.5 Å². The monoisotopic (exact) mass is 182 g/mol. The molecule has 12 heavy (non-hydrogen) atoms. The Kier molecular flexibility index (Phi) is 4.19. The minimum atomic E-state index is 0.730. The molecule has 0 N–H and O–H groups in total. The van der Waals surface area contributed by atoms with Gasteiger partial charge in [-0.1, -0.05) is 24.3 Å². The summed E-state index contributed by atoms with van der Waals surface area (Å²) in [6.45, 7) is 2.84. The van der Waals surface area contributed by atoms with Gasteiger partial charge in [-0.05, 0) is 24.3 Å². The van der Waals surface area contributed by atoms with Crippen molar-refractivity contribution in [1.29, 1.82) is 0 Å². The fraction of sp³-hybridized carbons (Fsp3) is 0.400. The first-order chi connectivity index (χ1) is 5.84. The SMILES string of the molecule is CSCOCc1ccccc1C. The molecule has 0 aromatic heterocycles. The largest absolute Gasteiger partial charge is 0.366 e. The quantitative estimate of drug-likeness (QED) is 0.523. The van der Waals surface area contributed by atoms with E-state index < -0.39 is 0 Å². The van der Waals surface area contributed by atoms with Crippen LogP contribution in [0.15, 0.2) is 24.3 Å². The zero-order chi connectivity index (χ0) is 8.81. The van der Waals surface area contributed by atoms with Gasteiger partial charge in [0.15, 0.2) is 0 Å². The number of hydrogen-bond acceptors (Lipinski definition) is 2. The van der Waals surface area contributed by atoms with Gasteiger partial charge in [-0.3, -0.25) is 0 Å². The van der Waals surface area contributed by atoms with E-state index in [1.807, 2.05) is 18.4 Å². The number of aryl methyl sites for hydroxylation is 1. The summed E-state index contributed by atoms with van der Waals surface area (Å²) in [7, 11) is 0. The summed E-state index contributed by atoms with van der Waals surface area (Å²) in [5, 5.41) is 0. The molecule has 0 amide bonds. The predicted octanol–water partition coefficient (Wildman–Crippen LogP) is 2.83. The van der Waals surface area contributed by atoms with Crippen molar-refractivity contribution in [3.05, 3.63) is 35.4 Å². The lowest BCUT2D eigenvalue weighted by Crippen LogP contribution is -1.93. The molecule has 2 heteroatoms. The first-order valence-electron chi connectivity index (χ1n) is 3.96. The molecule has 0 aliphatic heterocycles. The zero-order valence-electron chi connectivity index (χ0n) is 7.54. The first kappa shape index (κ1) is 9.62. The molecule has 0 aliphatic rings. The maximum absolute atomic E-state index is 5.41. The van der Waals surface area contributed by atoms with Gasteiger partial charge < -0.3 is 4.74 Å². The Hall–Kier alpha value is -0.470. The average molecular weight is 182 g/mol. The first-order valence-corrected chi connectivity index (χ1v) is 5.35. The Balaban J connectivity index is 2.46. The molecule has 66 valence electrons. The molecule has 1 aromatic carbocycles. The van der Waals surface area contributed by atoms with E-state index in [4.69, 9.17) is 4.74 Å². The topological polar surface area (TPSA) is 9.23 Å². The minimum Gasteiger partial charge on any atom is -0.366 e. The highest BCUT2D eigenvalue weighted by Crippen LogP contribution is 2.08. The van der Waals surface area contributed by atoms with Gasteiger partial charge in [-0.2, -0.15) is 0 Å². The number of benzene rings is 1.